The van der Waals surface area contributed by atoms with Crippen LogP contribution in [0.4, 0.5) is 0 Å². The van der Waals surface area contributed by atoms with Gasteiger partial charge in [0.1, 0.15) is 18.5 Å². The summed E-state index contributed by atoms with van der Waals surface area (Å²) in [4.78, 5) is 10.8. The van der Waals surface area contributed by atoms with Crippen LogP contribution in [0.3, 0.4) is 0 Å². The first-order valence-electron chi connectivity index (χ1n) is 4.09. The number of esters is 1. The van der Waals surface area contributed by atoms with Crippen LogP contribution in [0.5, 0.6) is 5.75 Å². The van der Waals surface area contributed by atoms with Crippen molar-refractivity contribution in [3.8, 4) is 5.75 Å². The monoisotopic (exact) mass is 192 g/mol. The van der Waals surface area contributed by atoms with Crippen LogP contribution in [0.25, 0.3) is 11.0 Å². The largest absolute Gasteiger partial charge is 0.460 e. The van der Waals surface area contributed by atoms with Gasteiger partial charge in [0.25, 0.3) is 0 Å². The molecule has 1 heterocycles. The minimum atomic E-state index is -0.698. The van der Waals surface area contributed by atoms with E-state index in [0.29, 0.717) is 16.7 Å². The number of fused-ring (bicyclic) bond motifs is 1. The summed E-state index contributed by atoms with van der Waals surface area (Å²) in [7, 11) is 0. The number of hydrogen-bond acceptors (Lipinski definition) is 4. The molecule has 0 saturated carbocycles. The summed E-state index contributed by atoms with van der Waals surface area (Å²) in [6.45, 7) is -0.639. The van der Waals surface area contributed by atoms with E-state index in [1.807, 2.05) is 12.1 Å². The number of aliphatic hydroxyl groups excluding tert-OH is 1. The molecule has 0 unspecified atom stereocenters. The van der Waals surface area contributed by atoms with Crippen LogP contribution in [0.15, 0.2) is 34.9 Å². The zero-order chi connectivity index (χ0) is 9.97. The Morgan fingerprint density at radius 1 is 1.43 bits per heavy atom. The molecule has 0 saturated heterocycles. The molecule has 0 aliphatic rings. The standard InChI is InChI=1S/C10H8O4/c11-5-10(12)14-9-6-13-8-4-2-1-3-7(8)9/h1-4,6,11H,5H2. The molecule has 2 aromatic rings. The molecule has 1 N–H and O–H groups in total. The van der Waals surface area contributed by atoms with Crippen molar-refractivity contribution in [2.75, 3.05) is 6.61 Å². The Morgan fingerprint density at radius 2 is 2.21 bits per heavy atom. The first-order chi connectivity index (χ1) is 6.81. The fourth-order valence-electron chi connectivity index (χ4n) is 1.19. The van der Waals surface area contributed by atoms with Crippen LogP contribution in [0, 0.1) is 0 Å². The molecule has 4 heteroatoms. The van der Waals surface area contributed by atoms with Crippen LogP contribution < -0.4 is 4.74 Å². The molecular formula is C10H8O4. The number of para-hydroxylation sites is 1. The Kier molecular flexibility index (Phi) is 2.20. The maximum atomic E-state index is 10.8. The van der Waals surface area contributed by atoms with Crippen LogP contribution in [0.2, 0.25) is 0 Å². The SMILES string of the molecule is O=C(CO)Oc1coc2ccccc12. The lowest BCUT2D eigenvalue weighted by Gasteiger charge is -1.97. The highest BCUT2D eigenvalue weighted by molar-refractivity contribution is 5.87. The van der Waals surface area contributed by atoms with Gasteiger partial charge in [-0.05, 0) is 12.1 Å². The Labute approximate surface area is 79.7 Å². The molecule has 0 bridgehead atoms. The van der Waals surface area contributed by atoms with Crippen LogP contribution >= 0.6 is 0 Å². The van der Waals surface area contributed by atoms with Gasteiger partial charge in [-0.15, -0.1) is 0 Å². The van der Waals surface area contributed by atoms with E-state index in [2.05, 4.69) is 0 Å². The van der Waals surface area contributed by atoms with E-state index >= 15 is 0 Å². The van der Waals surface area contributed by atoms with Crippen molar-refractivity contribution in [3.05, 3.63) is 30.5 Å². The molecule has 0 aliphatic carbocycles. The summed E-state index contributed by atoms with van der Waals surface area (Å²) < 4.78 is 9.97. The lowest BCUT2D eigenvalue weighted by molar-refractivity contribution is -0.137. The molecular weight excluding hydrogens is 184 g/mol. The lowest BCUT2D eigenvalue weighted by Crippen LogP contribution is -2.11. The molecule has 4 nitrogen and oxygen atoms in total. The van der Waals surface area contributed by atoms with Crippen molar-refractivity contribution in [1.82, 2.24) is 0 Å². The van der Waals surface area contributed by atoms with E-state index in [9.17, 15) is 4.79 Å². The zero-order valence-corrected chi connectivity index (χ0v) is 7.27. The lowest BCUT2D eigenvalue weighted by atomic mass is 10.2. The Morgan fingerprint density at radius 3 is 3.00 bits per heavy atom. The topological polar surface area (TPSA) is 59.7 Å². The average molecular weight is 192 g/mol. The number of carbonyl (C=O) groups excluding carboxylic acids is 1. The number of hydrogen-bond donors (Lipinski definition) is 1. The Bertz CT molecular complexity index is 458. The molecule has 2 rings (SSSR count). The van der Waals surface area contributed by atoms with Gasteiger partial charge in [0, 0.05) is 0 Å². The van der Waals surface area contributed by atoms with Crippen molar-refractivity contribution in [1.29, 1.82) is 0 Å². The molecule has 72 valence electrons. The minimum absolute atomic E-state index is 0.333. The van der Waals surface area contributed by atoms with Crippen LogP contribution in [0.1, 0.15) is 0 Å². The summed E-state index contributed by atoms with van der Waals surface area (Å²) in [6.07, 6.45) is 1.35. The van der Waals surface area contributed by atoms with Gasteiger partial charge in [-0.3, -0.25) is 0 Å². The highest BCUT2D eigenvalue weighted by atomic mass is 16.6. The number of ether oxygens (including phenoxy) is 1. The number of aliphatic hydroxyl groups is 1. The van der Waals surface area contributed by atoms with E-state index in [4.69, 9.17) is 14.3 Å². The molecule has 1 aromatic heterocycles. The van der Waals surface area contributed by atoms with Gasteiger partial charge in [0.2, 0.25) is 0 Å². The summed E-state index contributed by atoms with van der Waals surface area (Å²) in [5.41, 5.74) is 0.647. The average Bonchev–Trinajstić information content (AvgIpc) is 2.62. The normalized spacial score (nSPS) is 10.4. The summed E-state index contributed by atoms with van der Waals surface area (Å²) in [5, 5.41) is 9.22. The second kappa shape index (κ2) is 3.51. The third-order valence-electron chi connectivity index (χ3n) is 1.80. The number of benzene rings is 1. The second-order valence-electron chi connectivity index (χ2n) is 2.73. The second-order valence-corrected chi connectivity index (χ2v) is 2.73. The van der Waals surface area contributed by atoms with Crippen molar-refractivity contribution in [3.63, 3.8) is 0 Å². The summed E-state index contributed by atoms with van der Waals surface area (Å²) in [6, 6.07) is 7.18. The van der Waals surface area contributed by atoms with E-state index in [1.54, 1.807) is 12.1 Å². The first kappa shape index (κ1) is 8.77. The van der Waals surface area contributed by atoms with Gasteiger partial charge >= 0.3 is 5.97 Å². The first-order valence-corrected chi connectivity index (χ1v) is 4.09. The molecule has 0 radical (unpaired) electrons. The summed E-state index contributed by atoms with van der Waals surface area (Å²) in [5.74, 6) is -0.365. The Balaban J connectivity index is 2.38. The van der Waals surface area contributed by atoms with E-state index in [-0.39, 0.29) is 0 Å². The number of furan rings is 1. The predicted molar refractivity (Wildman–Crippen MR) is 48.9 cm³/mol. The molecule has 0 aliphatic heterocycles. The highest BCUT2D eigenvalue weighted by Crippen LogP contribution is 2.27. The third-order valence-corrected chi connectivity index (χ3v) is 1.80. The smallest absolute Gasteiger partial charge is 0.337 e. The molecule has 1 aromatic carbocycles. The van der Waals surface area contributed by atoms with E-state index in [0.717, 1.165) is 0 Å². The fourth-order valence-corrected chi connectivity index (χ4v) is 1.19. The van der Waals surface area contributed by atoms with Gasteiger partial charge in [0.05, 0.1) is 5.39 Å². The van der Waals surface area contributed by atoms with Crippen LogP contribution in [-0.2, 0) is 4.79 Å². The number of carbonyl (C=O) groups is 1. The maximum Gasteiger partial charge on any atom is 0.337 e. The van der Waals surface area contributed by atoms with E-state index in [1.165, 1.54) is 6.26 Å². The van der Waals surface area contributed by atoms with Crippen LogP contribution in [-0.4, -0.2) is 17.7 Å². The van der Waals surface area contributed by atoms with Crippen molar-refractivity contribution >= 4 is 16.9 Å². The number of rotatable bonds is 2. The van der Waals surface area contributed by atoms with E-state index < -0.39 is 12.6 Å². The Hall–Kier alpha value is -1.81. The minimum Gasteiger partial charge on any atom is -0.460 e. The van der Waals surface area contributed by atoms with Crippen molar-refractivity contribution < 1.29 is 19.1 Å². The van der Waals surface area contributed by atoms with Gasteiger partial charge in [-0.25, -0.2) is 4.79 Å². The van der Waals surface area contributed by atoms with Crippen molar-refractivity contribution in [2.24, 2.45) is 0 Å². The quantitative estimate of drug-likeness (QED) is 0.729. The molecule has 14 heavy (non-hydrogen) atoms. The molecule has 0 fully saturated rings. The van der Waals surface area contributed by atoms with Gasteiger partial charge in [-0.1, -0.05) is 12.1 Å². The van der Waals surface area contributed by atoms with Crippen molar-refractivity contribution in [2.45, 2.75) is 0 Å². The van der Waals surface area contributed by atoms with Gasteiger partial charge in [-0.2, -0.15) is 0 Å². The molecule has 0 amide bonds. The summed E-state index contributed by atoms with van der Waals surface area (Å²) >= 11 is 0. The maximum absolute atomic E-state index is 10.8. The third kappa shape index (κ3) is 1.47. The molecule has 0 atom stereocenters. The fraction of sp³-hybridized carbons (Fsp3) is 0.100. The molecule has 0 spiro atoms. The highest BCUT2D eigenvalue weighted by Gasteiger charge is 2.09. The predicted octanol–water partition coefficient (Wildman–Crippen LogP) is 1.33. The van der Waals surface area contributed by atoms with Gasteiger partial charge in [0.15, 0.2) is 5.75 Å². The zero-order valence-electron chi connectivity index (χ0n) is 7.27. The van der Waals surface area contributed by atoms with Gasteiger partial charge < -0.3 is 14.3 Å².